The van der Waals surface area contributed by atoms with E-state index >= 15 is 0 Å². The largest absolute Gasteiger partial charge is 0.462 e. The van der Waals surface area contributed by atoms with Crippen LogP contribution in [0.1, 0.15) is 34.1 Å². The first-order valence-electron chi connectivity index (χ1n) is 9.39. The van der Waals surface area contributed by atoms with E-state index in [4.69, 9.17) is 4.74 Å². The van der Waals surface area contributed by atoms with Gasteiger partial charge in [-0.05, 0) is 38.1 Å². The molecule has 1 aliphatic rings. The molecule has 0 aliphatic carbocycles. The molecular weight excluding hydrogens is 412 g/mol. The van der Waals surface area contributed by atoms with Gasteiger partial charge in [-0.15, -0.1) is 11.3 Å². The highest BCUT2D eigenvalue weighted by atomic mass is 32.2. The van der Waals surface area contributed by atoms with Crippen LogP contribution >= 0.6 is 11.3 Å². The topological polar surface area (TPSA) is 92.8 Å². The van der Waals surface area contributed by atoms with Gasteiger partial charge in [0.15, 0.2) is 9.84 Å². The molecule has 1 aromatic carbocycles. The predicted octanol–water partition coefficient (Wildman–Crippen LogP) is 2.72. The molecule has 0 saturated carbocycles. The van der Waals surface area contributed by atoms with E-state index in [-0.39, 0.29) is 23.7 Å². The van der Waals surface area contributed by atoms with E-state index in [0.717, 1.165) is 17.0 Å². The van der Waals surface area contributed by atoms with Crippen LogP contribution in [0.15, 0.2) is 35.2 Å². The predicted molar refractivity (Wildman–Crippen MR) is 112 cm³/mol. The summed E-state index contributed by atoms with van der Waals surface area (Å²) in [5.74, 6) is -1.20. The van der Waals surface area contributed by atoms with Crippen molar-refractivity contribution in [3.05, 3.63) is 46.3 Å². The number of carbonyl (C=O) groups excluding carboxylic acids is 2. The number of rotatable bonds is 7. The van der Waals surface area contributed by atoms with E-state index in [2.05, 4.69) is 10.2 Å². The number of likely N-dealkylation sites (N-methyl/N-ethyl adjacent to an activating group) is 1. The minimum atomic E-state index is -3.55. The Morgan fingerprint density at radius 1 is 1.24 bits per heavy atom. The van der Waals surface area contributed by atoms with Gasteiger partial charge in [-0.1, -0.05) is 18.2 Å². The molecule has 3 rings (SSSR count). The molecule has 0 atom stereocenters. The van der Waals surface area contributed by atoms with Crippen molar-refractivity contribution in [1.29, 1.82) is 0 Å². The molecule has 0 unspecified atom stereocenters. The van der Waals surface area contributed by atoms with Crippen molar-refractivity contribution < 1.29 is 22.7 Å². The number of esters is 1. The van der Waals surface area contributed by atoms with Gasteiger partial charge in [0.25, 0.3) is 0 Å². The Bertz CT molecular complexity index is 999. The van der Waals surface area contributed by atoms with Gasteiger partial charge >= 0.3 is 5.97 Å². The zero-order valence-corrected chi connectivity index (χ0v) is 18.1. The summed E-state index contributed by atoms with van der Waals surface area (Å²) < 4.78 is 30.0. The summed E-state index contributed by atoms with van der Waals surface area (Å²) in [4.78, 5) is 28.3. The number of fused-ring (bicyclic) bond motifs is 1. The highest BCUT2D eigenvalue weighted by molar-refractivity contribution is 7.91. The molecule has 1 aliphatic heterocycles. The third-order valence-electron chi connectivity index (χ3n) is 4.68. The lowest BCUT2D eigenvalue weighted by Gasteiger charge is -2.22. The first-order chi connectivity index (χ1) is 13.8. The average molecular weight is 437 g/mol. The van der Waals surface area contributed by atoms with Crippen molar-refractivity contribution in [1.82, 2.24) is 4.90 Å². The number of hydrogen-bond donors (Lipinski definition) is 1. The SMILES string of the molecule is CCOC(=O)c1c(NC(=O)CCS(=O)(=O)c2ccccc2)sc2c1CCN(C)C2. The summed E-state index contributed by atoms with van der Waals surface area (Å²) >= 11 is 1.35. The number of carbonyl (C=O) groups is 2. The van der Waals surface area contributed by atoms with Gasteiger partial charge in [-0.25, -0.2) is 13.2 Å². The number of hydrogen-bond acceptors (Lipinski definition) is 7. The number of anilines is 1. The van der Waals surface area contributed by atoms with Crippen molar-refractivity contribution >= 4 is 38.1 Å². The van der Waals surface area contributed by atoms with Crippen LogP contribution in [-0.2, 0) is 32.3 Å². The molecule has 2 heterocycles. The molecule has 1 aromatic heterocycles. The molecule has 0 radical (unpaired) electrons. The van der Waals surface area contributed by atoms with Crippen molar-refractivity contribution in [2.24, 2.45) is 0 Å². The van der Waals surface area contributed by atoms with Crippen LogP contribution in [0.4, 0.5) is 5.00 Å². The molecule has 1 N–H and O–H groups in total. The maximum atomic E-state index is 12.5. The Hall–Kier alpha value is -2.23. The van der Waals surface area contributed by atoms with Crippen LogP contribution in [0.2, 0.25) is 0 Å². The lowest BCUT2D eigenvalue weighted by Crippen LogP contribution is -2.26. The van der Waals surface area contributed by atoms with Gasteiger partial charge in [-0.3, -0.25) is 4.79 Å². The van der Waals surface area contributed by atoms with Crippen LogP contribution in [0.5, 0.6) is 0 Å². The molecule has 29 heavy (non-hydrogen) atoms. The summed E-state index contributed by atoms with van der Waals surface area (Å²) in [6.07, 6.45) is 0.511. The summed E-state index contributed by atoms with van der Waals surface area (Å²) in [6, 6.07) is 8.04. The second-order valence-corrected chi connectivity index (χ2v) is 10.1. The molecule has 0 spiro atoms. The number of benzene rings is 1. The number of amides is 1. The quantitative estimate of drug-likeness (QED) is 0.671. The zero-order chi connectivity index (χ0) is 21.0. The summed E-state index contributed by atoms with van der Waals surface area (Å²) in [7, 11) is -1.55. The maximum absolute atomic E-state index is 12.5. The van der Waals surface area contributed by atoms with Crippen LogP contribution < -0.4 is 5.32 Å². The van der Waals surface area contributed by atoms with E-state index in [9.17, 15) is 18.0 Å². The maximum Gasteiger partial charge on any atom is 0.341 e. The lowest BCUT2D eigenvalue weighted by molar-refractivity contribution is -0.115. The third kappa shape index (κ3) is 5.04. The van der Waals surface area contributed by atoms with Gasteiger partial charge in [0.1, 0.15) is 5.00 Å². The molecule has 0 saturated heterocycles. The van der Waals surface area contributed by atoms with E-state index in [1.807, 2.05) is 7.05 Å². The van der Waals surface area contributed by atoms with Crippen molar-refractivity contribution in [2.45, 2.75) is 31.2 Å². The zero-order valence-electron chi connectivity index (χ0n) is 16.4. The molecule has 1 amide bonds. The highest BCUT2D eigenvalue weighted by Gasteiger charge is 2.28. The molecule has 0 fully saturated rings. The van der Waals surface area contributed by atoms with Crippen LogP contribution in [0.3, 0.4) is 0 Å². The van der Waals surface area contributed by atoms with Crippen molar-refractivity contribution in [3.63, 3.8) is 0 Å². The summed E-state index contributed by atoms with van der Waals surface area (Å²) in [5, 5.41) is 3.18. The fourth-order valence-corrected chi connectivity index (χ4v) is 5.79. The normalized spacial score (nSPS) is 14.3. The Labute approximate surface area is 174 Å². The van der Waals surface area contributed by atoms with E-state index in [1.54, 1.807) is 25.1 Å². The fraction of sp³-hybridized carbons (Fsp3) is 0.400. The molecule has 2 aromatic rings. The van der Waals surface area contributed by atoms with Crippen LogP contribution in [-0.4, -0.2) is 51.1 Å². The number of sulfone groups is 1. The van der Waals surface area contributed by atoms with E-state index in [1.165, 1.54) is 23.5 Å². The standard InChI is InChI=1S/C20H24N2O5S2/c1-3-27-20(24)18-15-9-11-22(2)13-16(15)28-19(18)21-17(23)10-12-29(25,26)14-7-5-4-6-8-14/h4-8H,3,9-13H2,1-2H3,(H,21,23). The van der Waals surface area contributed by atoms with Crippen LogP contribution in [0.25, 0.3) is 0 Å². The number of ether oxygens (including phenoxy) is 1. The average Bonchev–Trinajstić information content (AvgIpc) is 3.04. The van der Waals surface area contributed by atoms with Crippen molar-refractivity contribution in [3.8, 4) is 0 Å². The molecule has 9 heteroatoms. The number of nitrogens with one attached hydrogen (secondary N) is 1. The smallest absolute Gasteiger partial charge is 0.341 e. The Morgan fingerprint density at radius 3 is 2.66 bits per heavy atom. The Morgan fingerprint density at radius 2 is 1.97 bits per heavy atom. The molecule has 0 bridgehead atoms. The van der Waals surface area contributed by atoms with Gasteiger partial charge in [0, 0.05) is 24.4 Å². The minimum Gasteiger partial charge on any atom is -0.462 e. The number of nitrogens with zero attached hydrogens (tertiary/aromatic N) is 1. The fourth-order valence-electron chi connectivity index (χ4n) is 3.20. The molecule has 7 nitrogen and oxygen atoms in total. The lowest BCUT2D eigenvalue weighted by atomic mass is 10.0. The Kier molecular flexibility index (Phi) is 6.71. The molecule has 156 valence electrons. The van der Waals surface area contributed by atoms with Gasteiger partial charge in [0.2, 0.25) is 5.91 Å². The first-order valence-corrected chi connectivity index (χ1v) is 11.9. The third-order valence-corrected chi connectivity index (χ3v) is 7.54. The summed E-state index contributed by atoms with van der Waals surface area (Å²) in [5.41, 5.74) is 1.32. The van der Waals surface area contributed by atoms with Crippen molar-refractivity contribution in [2.75, 3.05) is 31.3 Å². The van der Waals surface area contributed by atoms with Gasteiger partial charge < -0.3 is 15.0 Å². The van der Waals surface area contributed by atoms with Gasteiger partial charge in [0.05, 0.1) is 22.8 Å². The van der Waals surface area contributed by atoms with E-state index in [0.29, 0.717) is 23.5 Å². The second-order valence-electron chi connectivity index (χ2n) is 6.85. The monoisotopic (exact) mass is 436 g/mol. The first kappa shape index (κ1) is 21.5. The Balaban J connectivity index is 1.75. The second kappa shape index (κ2) is 9.06. The number of thiophene rings is 1. The molecular formula is C20H24N2O5S2. The van der Waals surface area contributed by atoms with Crippen LogP contribution in [0, 0.1) is 0 Å². The minimum absolute atomic E-state index is 0.189. The van der Waals surface area contributed by atoms with Gasteiger partial charge in [-0.2, -0.15) is 0 Å². The summed E-state index contributed by atoms with van der Waals surface area (Å²) in [6.45, 7) is 3.49. The highest BCUT2D eigenvalue weighted by Crippen LogP contribution is 2.37. The van der Waals surface area contributed by atoms with E-state index < -0.39 is 21.7 Å².